The molecule has 1 amide bonds. The van der Waals surface area contributed by atoms with Gasteiger partial charge in [0, 0.05) is 49.1 Å². The van der Waals surface area contributed by atoms with Crippen LogP contribution < -0.4 is 4.90 Å². The van der Waals surface area contributed by atoms with Crippen molar-refractivity contribution in [3.63, 3.8) is 0 Å². The van der Waals surface area contributed by atoms with Gasteiger partial charge in [0.25, 0.3) is 5.91 Å². The molecule has 0 saturated carbocycles. The van der Waals surface area contributed by atoms with Gasteiger partial charge < -0.3 is 9.80 Å². The van der Waals surface area contributed by atoms with Crippen molar-refractivity contribution < 1.29 is 4.79 Å². The summed E-state index contributed by atoms with van der Waals surface area (Å²) in [6.45, 7) is 5.31. The van der Waals surface area contributed by atoms with E-state index in [1.165, 1.54) is 17.2 Å². The quantitative estimate of drug-likeness (QED) is 0.853. The van der Waals surface area contributed by atoms with E-state index >= 15 is 0 Å². The Hall–Kier alpha value is -1.95. The Morgan fingerprint density at radius 2 is 2.00 bits per heavy atom. The van der Waals surface area contributed by atoms with Crippen LogP contribution in [-0.4, -0.2) is 46.3 Å². The Morgan fingerprint density at radius 3 is 2.71 bits per heavy atom. The monoisotopic (exact) mass is 302 g/mol. The van der Waals surface area contributed by atoms with Gasteiger partial charge in [-0.25, -0.2) is 0 Å². The molecule has 1 fully saturated rings. The first kappa shape index (κ1) is 14.0. The predicted molar refractivity (Wildman–Crippen MR) is 83.8 cm³/mol. The van der Waals surface area contributed by atoms with Crippen molar-refractivity contribution >= 4 is 23.1 Å². The maximum atomic E-state index is 12.5. The van der Waals surface area contributed by atoms with Crippen LogP contribution in [0, 0.1) is 6.92 Å². The standard InChI is InChI=1S/C15H18N4OS/c1-12-11-14(17-21-12)15(20)19-8-2-7-18(9-10-19)13-3-5-16-6-4-13/h3-6,11H,2,7-10H2,1H3. The van der Waals surface area contributed by atoms with Gasteiger partial charge in [-0.15, -0.1) is 0 Å². The summed E-state index contributed by atoms with van der Waals surface area (Å²) in [6, 6.07) is 5.90. The minimum atomic E-state index is 0.0518. The number of pyridine rings is 1. The largest absolute Gasteiger partial charge is 0.370 e. The number of anilines is 1. The van der Waals surface area contributed by atoms with Gasteiger partial charge in [0.15, 0.2) is 0 Å². The van der Waals surface area contributed by atoms with Gasteiger partial charge in [-0.1, -0.05) is 0 Å². The van der Waals surface area contributed by atoms with Crippen LogP contribution in [-0.2, 0) is 0 Å². The van der Waals surface area contributed by atoms with E-state index < -0.39 is 0 Å². The SMILES string of the molecule is Cc1cc(C(=O)N2CCCN(c3ccncc3)CC2)ns1. The summed E-state index contributed by atoms with van der Waals surface area (Å²) in [4.78, 5) is 21.8. The first-order valence-corrected chi connectivity index (χ1v) is 7.89. The molecule has 2 aromatic heterocycles. The topological polar surface area (TPSA) is 49.3 Å². The van der Waals surface area contributed by atoms with Crippen molar-refractivity contribution in [2.75, 3.05) is 31.1 Å². The number of hydrogen-bond acceptors (Lipinski definition) is 5. The van der Waals surface area contributed by atoms with Crippen LogP contribution in [0.4, 0.5) is 5.69 Å². The van der Waals surface area contributed by atoms with Crippen LogP contribution in [0.2, 0.25) is 0 Å². The third-order valence-electron chi connectivity index (χ3n) is 3.66. The lowest BCUT2D eigenvalue weighted by molar-refractivity contribution is 0.0762. The highest BCUT2D eigenvalue weighted by atomic mass is 32.1. The van der Waals surface area contributed by atoms with Crippen LogP contribution >= 0.6 is 11.5 Å². The lowest BCUT2D eigenvalue weighted by Crippen LogP contribution is -2.35. The molecule has 0 aromatic carbocycles. The third kappa shape index (κ3) is 3.21. The van der Waals surface area contributed by atoms with E-state index in [-0.39, 0.29) is 5.91 Å². The van der Waals surface area contributed by atoms with E-state index in [0.29, 0.717) is 5.69 Å². The first-order valence-electron chi connectivity index (χ1n) is 7.11. The number of rotatable bonds is 2. The summed E-state index contributed by atoms with van der Waals surface area (Å²) in [5.74, 6) is 0.0518. The second kappa shape index (κ2) is 6.22. The van der Waals surface area contributed by atoms with Crippen molar-refractivity contribution in [1.82, 2.24) is 14.3 Å². The zero-order chi connectivity index (χ0) is 14.7. The van der Waals surface area contributed by atoms with Gasteiger partial charge in [-0.2, -0.15) is 4.37 Å². The number of carbonyl (C=O) groups excluding carboxylic acids is 1. The molecule has 0 spiro atoms. The van der Waals surface area contributed by atoms with Crippen LogP contribution in [0.3, 0.4) is 0 Å². The molecule has 6 heteroatoms. The minimum absolute atomic E-state index is 0.0518. The van der Waals surface area contributed by atoms with E-state index in [4.69, 9.17) is 0 Å². The maximum Gasteiger partial charge on any atom is 0.273 e. The van der Waals surface area contributed by atoms with Crippen LogP contribution in [0.5, 0.6) is 0 Å². The summed E-state index contributed by atoms with van der Waals surface area (Å²) >= 11 is 1.38. The number of hydrogen-bond donors (Lipinski definition) is 0. The van der Waals surface area contributed by atoms with E-state index in [2.05, 4.69) is 14.3 Å². The van der Waals surface area contributed by atoms with E-state index in [1.807, 2.05) is 30.0 Å². The van der Waals surface area contributed by atoms with Crippen molar-refractivity contribution in [2.45, 2.75) is 13.3 Å². The second-order valence-corrected chi connectivity index (χ2v) is 6.17. The predicted octanol–water partition coefficient (Wildman–Crippen LogP) is 2.20. The molecule has 0 bridgehead atoms. The third-order valence-corrected chi connectivity index (χ3v) is 4.35. The number of carbonyl (C=O) groups is 1. The zero-order valence-corrected chi connectivity index (χ0v) is 12.8. The second-order valence-electron chi connectivity index (χ2n) is 5.16. The lowest BCUT2D eigenvalue weighted by atomic mass is 10.3. The fourth-order valence-corrected chi connectivity index (χ4v) is 3.10. The summed E-state index contributed by atoms with van der Waals surface area (Å²) in [5, 5.41) is 0. The molecule has 21 heavy (non-hydrogen) atoms. The lowest BCUT2D eigenvalue weighted by Gasteiger charge is -2.23. The molecule has 0 N–H and O–H groups in total. The highest BCUT2D eigenvalue weighted by Crippen LogP contribution is 2.17. The Balaban J connectivity index is 1.67. The molecule has 0 radical (unpaired) electrons. The average Bonchev–Trinajstić information content (AvgIpc) is 2.81. The number of amides is 1. The highest BCUT2D eigenvalue weighted by molar-refractivity contribution is 7.05. The van der Waals surface area contributed by atoms with Crippen LogP contribution in [0.25, 0.3) is 0 Å². The fourth-order valence-electron chi connectivity index (χ4n) is 2.56. The minimum Gasteiger partial charge on any atom is -0.370 e. The molecule has 1 aliphatic rings. The van der Waals surface area contributed by atoms with Crippen molar-refractivity contribution in [3.05, 3.63) is 41.2 Å². The van der Waals surface area contributed by atoms with Crippen molar-refractivity contribution in [1.29, 1.82) is 0 Å². The van der Waals surface area contributed by atoms with E-state index in [1.54, 1.807) is 12.4 Å². The number of nitrogens with zero attached hydrogens (tertiary/aromatic N) is 4. The smallest absolute Gasteiger partial charge is 0.273 e. The average molecular weight is 302 g/mol. The molecular weight excluding hydrogens is 284 g/mol. The first-order chi connectivity index (χ1) is 10.2. The molecule has 5 nitrogen and oxygen atoms in total. The van der Waals surface area contributed by atoms with Gasteiger partial charge in [-0.05, 0) is 43.1 Å². The molecule has 0 aliphatic carbocycles. The summed E-state index contributed by atoms with van der Waals surface area (Å²) in [7, 11) is 0. The molecule has 0 atom stereocenters. The number of aryl methyl sites for hydroxylation is 1. The van der Waals surface area contributed by atoms with Crippen LogP contribution in [0.15, 0.2) is 30.6 Å². The number of aromatic nitrogens is 2. The fraction of sp³-hybridized carbons (Fsp3) is 0.400. The van der Waals surface area contributed by atoms with Crippen molar-refractivity contribution in [2.24, 2.45) is 0 Å². The normalized spacial score (nSPS) is 15.9. The Morgan fingerprint density at radius 1 is 1.19 bits per heavy atom. The summed E-state index contributed by atoms with van der Waals surface area (Å²) in [5.41, 5.74) is 1.75. The Bertz CT molecular complexity index is 613. The zero-order valence-electron chi connectivity index (χ0n) is 12.0. The molecule has 3 rings (SSSR count). The van der Waals surface area contributed by atoms with Gasteiger partial charge >= 0.3 is 0 Å². The van der Waals surface area contributed by atoms with E-state index in [9.17, 15) is 4.79 Å². The van der Waals surface area contributed by atoms with Crippen molar-refractivity contribution in [3.8, 4) is 0 Å². The molecule has 1 saturated heterocycles. The Labute approximate surface area is 128 Å². The highest BCUT2D eigenvalue weighted by Gasteiger charge is 2.22. The van der Waals surface area contributed by atoms with E-state index in [0.717, 1.165) is 37.5 Å². The summed E-state index contributed by atoms with van der Waals surface area (Å²) in [6.07, 6.45) is 4.58. The maximum absolute atomic E-state index is 12.5. The molecule has 0 unspecified atom stereocenters. The van der Waals surface area contributed by atoms with Crippen LogP contribution in [0.1, 0.15) is 21.8 Å². The molecule has 110 valence electrons. The molecule has 3 heterocycles. The van der Waals surface area contributed by atoms with Gasteiger partial charge in [0.1, 0.15) is 5.69 Å². The summed E-state index contributed by atoms with van der Waals surface area (Å²) < 4.78 is 4.23. The molecule has 2 aromatic rings. The molecular formula is C15H18N4OS. The van der Waals surface area contributed by atoms with Gasteiger partial charge in [-0.3, -0.25) is 9.78 Å². The van der Waals surface area contributed by atoms with Gasteiger partial charge in [0.2, 0.25) is 0 Å². The Kier molecular flexibility index (Phi) is 4.15. The molecule has 1 aliphatic heterocycles. The van der Waals surface area contributed by atoms with Gasteiger partial charge in [0.05, 0.1) is 0 Å².